The highest BCUT2D eigenvalue weighted by Gasteiger charge is 2.58. The van der Waals surface area contributed by atoms with Crippen LogP contribution in [0.5, 0.6) is 5.75 Å². The second kappa shape index (κ2) is 7.87. The van der Waals surface area contributed by atoms with Crippen LogP contribution in [-0.2, 0) is 14.9 Å². The summed E-state index contributed by atoms with van der Waals surface area (Å²) in [5, 5.41) is 10.4. The van der Waals surface area contributed by atoms with E-state index in [-0.39, 0.29) is 12.3 Å². The number of hydrogen-bond donors (Lipinski definition) is 2. The molecule has 0 amide bonds. The third-order valence-corrected chi connectivity index (χ3v) is 7.68. The number of esters is 1. The number of halogens is 4. The van der Waals surface area contributed by atoms with E-state index in [1.54, 1.807) is 24.3 Å². The number of carbonyl (C=O) groups is 1. The lowest BCUT2D eigenvalue weighted by Crippen LogP contribution is -2.50. The summed E-state index contributed by atoms with van der Waals surface area (Å²) in [6.07, 6.45) is -0.0155. The minimum absolute atomic E-state index is 0.0155. The van der Waals surface area contributed by atoms with Gasteiger partial charge in [0.1, 0.15) is 5.41 Å². The molecule has 182 valence electrons. The van der Waals surface area contributed by atoms with E-state index < -0.39 is 67.9 Å². The molecule has 2 bridgehead atoms. The maximum atomic E-state index is 14.6. The number of hydrogen-bond acceptors (Lipinski definition) is 5. The van der Waals surface area contributed by atoms with Crippen molar-refractivity contribution < 1.29 is 45.2 Å². The molecule has 0 saturated carbocycles. The third-order valence-electron chi connectivity index (χ3n) is 6.81. The highest BCUT2D eigenvalue weighted by atomic mass is 32.2. The molecule has 3 aromatic rings. The smallest absolute Gasteiger partial charge is 0.321 e. The number of aliphatic hydroxyl groups excluding tert-OH is 1. The lowest BCUT2D eigenvalue weighted by atomic mass is 9.52. The molecule has 11 heteroatoms. The number of aliphatic hydroxyl groups is 1. The van der Waals surface area contributed by atoms with Crippen LogP contribution in [0.4, 0.5) is 17.6 Å². The zero-order valence-electron chi connectivity index (χ0n) is 17.6. The van der Waals surface area contributed by atoms with Crippen molar-refractivity contribution in [3.63, 3.8) is 0 Å². The first kappa shape index (κ1) is 23.5. The van der Waals surface area contributed by atoms with Gasteiger partial charge in [-0.2, -0.15) is 17.2 Å². The molecule has 35 heavy (non-hydrogen) atoms. The van der Waals surface area contributed by atoms with E-state index >= 15 is 0 Å². The molecule has 0 saturated heterocycles. The first-order chi connectivity index (χ1) is 16.5. The van der Waals surface area contributed by atoms with Crippen LogP contribution in [0.15, 0.2) is 53.4 Å². The van der Waals surface area contributed by atoms with Crippen LogP contribution >= 0.6 is 0 Å². The van der Waals surface area contributed by atoms with Gasteiger partial charge in [0.15, 0.2) is 16.5 Å². The minimum Gasteiger partial charge on any atom is -0.419 e. The number of fused-ring (bicyclic) bond motifs is 1. The molecule has 0 radical (unpaired) electrons. The molecule has 3 aliphatic carbocycles. The second-order valence-electron chi connectivity index (χ2n) is 8.54. The van der Waals surface area contributed by atoms with Crippen molar-refractivity contribution >= 4 is 16.1 Å². The van der Waals surface area contributed by atoms with Gasteiger partial charge in [-0.1, -0.05) is 48.5 Å². The van der Waals surface area contributed by atoms with Crippen molar-refractivity contribution in [1.82, 2.24) is 0 Å². The highest BCUT2D eigenvalue weighted by molar-refractivity contribution is 7.85. The molecular weight excluding hydrogens is 492 g/mol. The summed E-state index contributed by atoms with van der Waals surface area (Å²) in [6.45, 7) is -0.813. The lowest BCUT2D eigenvalue weighted by molar-refractivity contribution is -0.152. The Balaban J connectivity index is 1.65. The van der Waals surface area contributed by atoms with E-state index in [1.807, 2.05) is 24.3 Å². The van der Waals surface area contributed by atoms with Gasteiger partial charge < -0.3 is 9.84 Å². The SMILES string of the molecule is O=C(Oc1c(F)c(F)c(S(=O)(=O)O)c(F)c1F)C1(CO)CC2c3ccccc3C1c1ccccc12. The maximum absolute atomic E-state index is 14.6. The summed E-state index contributed by atoms with van der Waals surface area (Å²) in [7, 11) is -5.68. The van der Waals surface area contributed by atoms with E-state index in [0.717, 1.165) is 11.1 Å². The molecule has 0 aromatic heterocycles. The molecule has 3 aromatic carbocycles. The fourth-order valence-corrected chi connectivity index (χ4v) is 5.97. The lowest BCUT2D eigenvalue weighted by Gasteiger charge is -2.50. The molecule has 0 spiro atoms. The minimum atomic E-state index is -5.68. The third kappa shape index (κ3) is 3.22. The highest BCUT2D eigenvalue weighted by Crippen LogP contribution is 2.61. The first-order valence-electron chi connectivity index (χ1n) is 10.4. The van der Waals surface area contributed by atoms with E-state index in [1.165, 1.54) is 0 Å². The zero-order chi connectivity index (χ0) is 25.3. The van der Waals surface area contributed by atoms with Crippen molar-refractivity contribution in [2.45, 2.75) is 23.2 Å². The number of ether oxygens (including phenoxy) is 1. The fraction of sp³-hybridized carbons (Fsp3) is 0.208. The van der Waals surface area contributed by atoms with Crippen LogP contribution < -0.4 is 4.74 Å². The topological polar surface area (TPSA) is 101 Å². The molecule has 0 heterocycles. The van der Waals surface area contributed by atoms with Crippen molar-refractivity contribution in [3.8, 4) is 5.75 Å². The summed E-state index contributed by atoms with van der Waals surface area (Å²) in [5.74, 6) is -13.9. The van der Waals surface area contributed by atoms with E-state index in [9.17, 15) is 35.9 Å². The van der Waals surface area contributed by atoms with Crippen molar-refractivity contribution in [2.75, 3.05) is 6.61 Å². The van der Waals surface area contributed by atoms with Crippen LogP contribution in [0.1, 0.15) is 40.5 Å². The molecule has 0 aliphatic heterocycles. The number of rotatable bonds is 4. The quantitative estimate of drug-likeness (QED) is 0.181. The summed E-state index contributed by atoms with van der Waals surface area (Å²) in [5.41, 5.74) is 1.42. The van der Waals surface area contributed by atoms with Gasteiger partial charge in [-0.05, 0) is 28.7 Å². The van der Waals surface area contributed by atoms with Gasteiger partial charge in [0, 0.05) is 11.8 Å². The maximum Gasteiger partial charge on any atom is 0.321 e. The largest absolute Gasteiger partial charge is 0.419 e. The predicted octanol–water partition coefficient (Wildman–Crippen LogP) is 4.05. The van der Waals surface area contributed by atoms with Crippen LogP contribution in [0.3, 0.4) is 0 Å². The normalized spacial score (nSPS) is 22.5. The molecule has 3 aliphatic rings. The monoisotopic (exact) mass is 508 g/mol. The Labute approximate surface area is 196 Å². The molecule has 2 N–H and O–H groups in total. The van der Waals surface area contributed by atoms with Gasteiger partial charge >= 0.3 is 16.1 Å². The van der Waals surface area contributed by atoms with Crippen molar-refractivity contribution in [1.29, 1.82) is 0 Å². The summed E-state index contributed by atoms with van der Waals surface area (Å²) < 4.78 is 93.7. The fourth-order valence-electron chi connectivity index (χ4n) is 5.34. The zero-order valence-corrected chi connectivity index (χ0v) is 18.5. The van der Waals surface area contributed by atoms with Crippen molar-refractivity contribution in [3.05, 3.63) is 94.1 Å². The molecular formula is C24H16F4O6S. The summed E-state index contributed by atoms with van der Waals surface area (Å²) in [6, 6.07) is 14.3. The Kier molecular flexibility index (Phi) is 5.28. The van der Waals surface area contributed by atoms with Gasteiger partial charge in [0.05, 0.1) is 6.61 Å². The van der Waals surface area contributed by atoms with E-state index in [0.29, 0.717) is 11.1 Å². The van der Waals surface area contributed by atoms with Crippen molar-refractivity contribution in [2.24, 2.45) is 5.41 Å². The molecule has 1 atom stereocenters. The molecule has 6 nitrogen and oxygen atoms in total. The number of carbonyl (C=O) groups excluding carboxylic acids is 1. The Morgan fingerprint density at radius 1 is 0.886 bits per heavy atom. The Hall–Kier alpha value is -3.28. The van der Waals surface area contributed by atoms with Crippen LogP contribution in [-0.4, -0.2) is 30.7 Å². The van der Waals surface area contributed by atoms with Crippen LogP contribution in [0.2, 0.25) is 0 Å². The second-order valence-corrected chi connectivity index (χ2v) is 9.90. The Morgan fingerprint density at radius 2 is 1.34 bits per heavy atom. The summed E-state index contributed by atoms with van der Waals surface area (Å²) in [4.78, 5) is 11.2. The molecule has 6 rings (SSSR count). The van der Waals surface area contributed by atoms with Gasteiger partial charge in [-0.25, -0.2) is 8.78 Å². The first-order valence-corrected chi connectivity index (χ1v) is 11.8. The number of benzene rings is 3. The van der Waals surface area contributed by atoms with Crippen LogP contribution in [0, 0.1) is 28.7 Å². The van der Waals surface area contributed by atoms with Gasteiger partial charge in [-0.15, -0.1) is 0 Å². The molecule has 1 unspecified atom stereocenters. The standard InChI is InChI=1S/C24H16F4O6S/c25-17-19(27)22(35(31,32)33)20(28)18(26)21(17)34-23(30)24(10-29)9-15-11-5-1-3-7-13(11)16(24)14-8-4-2-6-12(14)15/h1-8,15-16,29H,9-10H2,(H,31,32,33). The van der Waals surface area contributed by atoms with Gasteiger partial charge in [-0.3, -0.25) is 9.35 Å². The van der Waals surface area contributed by atoms with E-state index in [4.69, 9.17) is 9.29 Å². The van der Waals surface area contributed by atoms with Crippen LogP contribution in [0.25, 0.3) is 0 Å². The summed E-state index contributed by atoms with van der Waals surface area (Å²) >= 11 is 0. The molecule has 0 fully saturated rings. The predicted molar refractivity (Wildman–Crippen MR) is 112 cm³/mol. The average molecular weight is 508 g/mol. The Bertz CT molecular complexity index is 1430. The average Bonchev–Trinajstić information content (AvgIpc) is 2.84. The van der Waals surface area contributed by atoms with E-state index in [2.05, 4.69) is 0 Å². The Morgan fingerprint density at radius 3 is 1.77 bits per heavy atom. The van der Waals surface area contributed by atoms with Gasteiger partial charge in [0.2, 0.25) is 17.4 Å². The van der Waals surface area contributed by atoms with Gasteiger partial charge in [0.25, 0.3) is 0 Å².